The molecule has 2 N–H and O–H groups in total. The van der Waals surface area contributed by atoms with Crippen molar-refractivity contribution in [2.45, 2.75) is 0 Å². The molecule has 1 aromatic heterocycles. The van der Waals surface area contributed by atoms with Gasteiger partial charge in [0, 0.05) is 10.4 Å². The maximum absolute atomic E-state index is 11.7. The summed E-state index contributed by atoms with van der Waals surface area (Å²) < 4.78 is 0. The van der Waals surface area contributed by atoms with E-state index in [0.29, 0.717) is 5.56 Å². The van der Waals surface area contributed by atoms with Crippen LogP contribution in [0.15, 0.2) is 52.9 Å². The van der Waals surface area contributed by atoms with Crippen molar-refractivity contribution in [3.05, 3.63) is 58.3 Å². The van der Waals surface area contributed by atoms with Gasteiger partial charge < -0.3 is 5.32 Å². The molecule has 0 radical (unpaired) electrons. The van der Waals surface area contributed by atoms with Gasteiger partial charge in [-0.25, -0.2) is 5.43 Å². The highest BCUT2D eigenvalue weighted by atomic mass is 32.1. The Labute approximate surface area is 120 Å². The Morgan fingerprint density at radius 2 is 1.95 bits per heavy atom. The standard InChI is InChI=1S/C14H13N3O2S/c18-13(17-16-9-12-7-4-8-20-12)10-15-14(19)11-5-2-1-3-6-11/h1-9H,10H2,(H,15,19)(H,17,18)/b16-9+. The largest absolute Gasteiger partial charge is 0.343 e. The minimum Gasteiger partial charge on any atom is -0.343 e. The number of hydrazone groups is 1. The summed E-state index contributed by atoms with van der Waals surface area (Å²) in [4.78, 5) is 24.1. The Balaban J connectivity index is 1.74. The SMILES string of the molecule is O=C(CNC(=O)c1ccccc1)N/N=C/c1cccs1. The van der Waals surface area contributed by atoms with Crippen LogP contribution in [0.1, 0.15) is 15.2 Å². The first kappa shape index (κ1) is 14.0. The molecule has 1 heterocycles. The van der Waals surface area contributed by atoms with Crippen LogP contribution in [0.3, 0.4) is 0 Å². The molecular weight excluding hydrogens is 274 g/mol. The van der Waals surface area contributed by atoms with Crippen molar-refractivity contribution in [1.29, 1.82) is 0 Å². The first-order chi connectivity index (χ1) is 9.75. The summed E-state index contributed by atoms with van der Waals surface area (Å²) in [7, 11) is 0. The van der Waals surface area contributed by atoms with E-state index < -0.39 is 0 Å². The fourth-order valence-corrected chi connectivity index (χ4v) is 2.01. The lowest BCUT2D eigenvalue weighted by molar-refractivity contribution is -0.120. The normalized spacial score (nSPS) is 10.4. The van der Waals surface area contributed by atoms with E-state index in [0.717, 1.165) is 4.88 Å². The molecule has 0 saturated heterocycles. The molecule has 2 aromatic rings. The van der Waals surface area contributed by atoms with Gasteiger partial charge in [0.15, 0.2) is 0 Å². The second kappa shape index (κ2) is 7.20. The lowest BCUT2D eigenvalue weighted by Gasteiger charge is -2.03. The summed E-state index contributed by atoms with van der Waals surface area (Å²) in [5.74, 6) is -0.662. The highest BCUT2D eigenvalue weighted by Gasteiger charge is 2.06. The van der Waals surface area contributed by atoms with Crippen molar-refractivity contribution >= 4 is 29.4 Å². The molecule has 0 fully saturated rings. The summed E-state index contributed by atoms with van der Waals surface area (Å²) in [5, 5.41) is 8.24. The van der Waals surface area contributed by atoms with Crippen molar-refractivity contribution in [2.75, 3.05) is 6.54 Å². The third-order valence-corrected chi connectivity index (χ3v) is 3.18. The fourth-order valence-electron chi connectivity index (χ4n) is 1.42. The number of benzene rings is 1. The second-order valence-corrected chi connectivity index (χ2v) is 4.84. The molecule has 0 bridgehead atoms. The molecule has 6 heteroatoms. The fraction of sp³-hybridized carbons (Fsp3) is 0.0714. The molecular formula is C14H13N3O2S. The van der Waals surface area contributed by atoms with Crippen LogP contribution in [0.2, 0.25) is 0 Å². The number of thiophene rings is 1. The first-order valence-corrected chi connectivity index (χ1v) is 6.82. The summed E-state index contributed by atoms with van der Waals surface area (Å²) in [6.45, 7) is -0.116. The summed E-state index contributed by atoms with van der Waals surface area (Å²) >= 11 is 1.52. The topological polar surface area (TPSA) is 70.6 Å². The van der Waals surface area contributed by atoms with Gasteiger partial charge in [-0.05, 0) is 23.6 Å². The minimum absolute atomic E-state index is 0.116. The van der Waals surface area contributed by atoms with Crippen molar-refractivity contribution in [1.82, 2.24) is 10.7 Å². The van der Waals surface area contributed by atoms with Crippen LogP contribution in [0.5, 0.6) is 0 Å². The lowest BCUT2D eigenvalue weighted by atomic mass is 10.2. The van der Waals surface area contributed by atoms with E-state index in [1.54, 1.807) is 30.5 Å². The summed E-state index contributed by atoms with van der Waals surface area (Å²) in [6.07, 6.45) is 1.56. The zero-order valence-electron chi connectivity index (χ0n) is 10.6. The maximum Gasteiger partial charge on any atom is 0.259 e. The molecule has 0 aliphatic carbocycles. The first-order valence-electron chi connectivity index (χ1n) is 5.94. The zero-order valence-corrected chi connectivity index (χ0v) is 11.4. The number of carbonyl (C=O) groups excluding carboxylic acids is 2. The molecule has 0 atom stereocenters. The van der Waals surface area contributed by atoms with Crippen LogP contribution >= 0.6 is 11.3 Å². The van der Waals surface area contributed by atoms with Gasteiger partial charge in [0.25, 0.3) is 11.8 Å². The summed E-state index contributed by atoms with van der Waals surface area (Å²) in [5.41, 5.74) is 2.87. The predicted molar refractivity (Wildman–Crippen MR) is 78.8 cm³/mol. The van der Waals surface area contributed by atoms with Crippen LogP contribution in [0.25, 0.3) is 0 Å². The van der Waals surface area contributed by atoms with E-state index in [1.807, 2.05) is 23.6 Å². The quantitative estimate of drug-likeness (QED) is 0.648. The Bertz CT molecular complexity index is 594. The molecule has 0 aliphatic rings. The molecule has 2 amide bonds. The number of nitrogens with one attached hydrogen (secondary N) is 2. The van der Waals surface area contributed by atoms with Crippen LogP contribution in [-0.2, 0) is 4.79 Å². The van der Waals surface area contributed by atoms with Crippen molar-refractivity contribution in [3.8, 4) is 0 Å². The number of carbonyl (C=O) groups is 2. The van der Waals surface area contributed by atoms with Crippen molar-refractivity contribution in [3.63, 3.8) is 0 Å². The van der Waals surface area contributed by atoms with Gasteiger partial charge in [-0.2, -0.15) is 5.10 Å². The van der Waals surface area contributed by atoms with Crippen LogP contribution in [0, 0.1) is 0 Å². The van der Waals surface area contributed by atoms with Crippen molar-refractivity contribution < 1.29 is 9.59 Å². The van der Waals surface area contributed by atoms with E-state index in [9.17, 15) is 9.59 Å². The Kier molecular flexibility index (Phi) is 5.02. The number of hydrogen-bond donors (Lipinski definition) is 2. The average Bonchev–Trinajstić information content (AvgIpc) is 2.99. The van der Waals surface area contributed by atoms with Gasteiger partial charge in [0.1, 0.15) is 0 Å². The van der Waals surface area contributed by atoms with E-state index in [4.69, 9.17) is 0 Å². The van der Waals surface area contributed by atoms with E-state index in [2.05, 4.69) is 15.8 Å². The molecule has 0 saturated carbocycles. The van der Waals surface area contributed by atoms with Gasteiger partial charge in [-0.3, -0.25) is 9.59 Å². The van der Waals surface area contributed by atoms with Gasteiger partial charge in [-0.1, -0.05) is 24.3 Å². The lowest BCUT2D eigenvalue weighted by Crippen LogP contribution is -2.34. The molecule has 20 heavy (non-hydrogen) atoms. The Hall–Kier alpha value is -2.47. The van der Waals surface area contributed by atoms with E-state index in [1.165, 1.54) is 11.3 Å². The van der Waals surface area contributed by atoms with Crippen molar-refractivity contribution in [2.24, 2.45) is 5.10 Å². The predicted octanol–water partition coefficient (Wildman–Crippen LogP) is 1.63. The second-order valence-electron chi connectivity index (χ2n) is 3.86. The van der Waals surface area contributed by atoms with Gasteiger partial charge in [-0.15, -0.1) is 11.3 Å². The smallest absolute Gasteiger partial charge is 0.259 e. The highest BCUT2D eigenvalue weighted by Crippen LogP contribution is 2.03. The third-order valence-electron chi connectivity index (χ3n) is 2.37. The molecule has 2 rings (SSSR count). The molecule has 102 valence electrons. The van der Waals surface area contributed by atoms with Crippen LogP contribution < -0.4 is 10.7 Å². The number of hydrogen-bond acceptors (Lipinski definition) is 4. The van der Waals surface area contributed by atoms with E-state index in [-0.39, 0.29) is 18.4 Å². The molecule has 0 spiro atoms. The van der Waals surface area contributed by atoms with Crippen LogP contribution in [0.4, 0.5) is 0 Å². The Morgan fingerprint density at radius 3 is 2.65 bits per heavy atom. The molecule has 0 aliphatic heterocycles. The molecule has 5 nitrogen and oxygen atoms in total. The summed E-state index contributed by atoms with van der Waals surface area (Å²) in [6, 6.07) is 12.5. The molecule has 1 aromatic carbocycles. The number of amides is 2. The number of rotatable bonds is 5. The van der Waals surface area contributed by atoms with Gasteiger partial charge >= 0.3 is 0 Å². The third kappa shape index (κ3) is 4.33. The zero-order chi connectivity index (χ0) is 14.2. The van der Waals surface area contributed by atoms with Gasteiger partial charge in [0.05, 0.1) is 12.8 Å². The molecule has 0 unspecified atom stereocenters. The monoisotopic (exact) mass is 287 g/mol. The average molecular weight is 287 g/mol. The van der Waals surface area contributed by atoms with Gasteiger partial charge in [0.2, 0.25) is 0 Å². The highest BCUT2D eigenvalue weighted by molar-refractivity contribution is 7.11. The maximum atomic E-state index is 11.7. The van der Waals surface area contributed by atoms with Crippen LogP contribution in [-0.4, -0.2) is 24.6 Å². The Morgan fingerprint density at radius 1 is 1.15 bits per heavy atom. The minimum atomic E-state index is -0.373. The number of nitrogens with zero attached hydrogens (tertiary/aromatic N) is 1. The van der Waals surface area contributed by atoms with E-state index >= 15 is 0 Å².